The van der Waals surface area contributed by atoms with E-state index in [1.807, 2.05) is 18.2 Å². The Balaban J connectivity index is 0.948. The maximum Gasteiger partial charge on any atom is 0.164 e. The average molecular weight is 943 g/mol. The van der Waals surface area contributed by atoms with E-state index in [0.29, 0.717) is 17.5 Å². The molecule has 1 atom stereocenters. The van der Waals surface area contributed by atoms with Gasteiger partial charge >= 0.3 is 0 Å². The van der Waals surface area contributed by atoms with Gasteiger partial charge in [0.15, 0.2) is 17.5 Å². The molecule has 2 aliphatic rings. The van der Waals surface area contributed by atoms with E-state index in [2.05, 4.69) is 266 Å². The molecule has 14 rings (SSSR count). The maximum atomic E-state index is 5.42. The summed E-state index contributed by atoms with van der Waals surface area (Å²) in [7, 11) is 0. The SMILES string of the molecule is c1ccc(-c2cc(-c3ccccc3)cc(-c3cccc(-c4nc(-c5ccccc5)nc(-c5ccc6c(c5)C5(c7ccccc7-6)c6ccccc6-c6ccc(N(c7ccccc7)c7ccccc7)cc65)n4)c3)c2)cc1. The number of para-hydroxylation sites is 2. The zero-order valence-electron chi connectivity index (χ0n) is 40.3. The number of rotatable bonds is 9. The molecule has 346 valence electrons. The van der Waals surface area contributed by atoms with E-state index in [-0.39, 0.29) is 0 Å². The van der Waals surface area contributed by atoms with Gasteiger partial charge in [0, 0.05) is 33.8 Å². The van der Waals surface area contributed by atoms with E-state index in [4.69, 9.17) is 15.0 Å². The Morgan fingerprint density at radius 3 is 1.12 bits per heavy atom. The van der Waals surface area contributed by atoms with Crippen molar-refractivity contribution < 1.29 is 0 Å². The van der Waals surface area contributed by atoms with Crippen LogP contribution >= 0.6 is 0 Å². The Morgan fingerprint density at radius 2 is 0.581 bits per heavy atom. The summed E-state index contributed by atoms with van der Waals surface area (Å²) in [5.74, 6) is 1.85. The number of aromatic nitrogens is 3. The van der Waals surface area contributed by atoms with E-state index in [1.54, 1.807) is 0 Å². The van der Waals surface area contributed by atoms with E-state index < -0.39 is 5.41 Å². The van der Waals surface area contributed by atoms with Crippen LogP contribution in [0.25, 0.3) is 89.8 Å². The third-order valence-electron chi connectivity index (χ3n) is 14.9. The second-order valence-corrected chi connectivity index (χ2v) is 19.1. The van der Waals surface area contributed by atoms with Gasteiger partial charge in [0.25, 0.3) is 0 Å². The average Bonchev–Trinajstić information content (AvgIpc) is 3.97. The molecule has 0 aliphatic heterocycles. The highest BCUT2D eigenvalue weighted by atomic mass is 15.1. The third kappa shape index (κ3) is 7.18. The van der Waals surface area contributed by atoms with Crippen LogP contribution in [0.1, 0.15) is 22.3 Å². The van der Waals surface area contributed by atoms with Crippen molar-refractivity contribution >= 4 is 17.1 Å². The van der Waals surface area contributed by atoms with Crippen LogP contribution in [0.15, 0.2) is 279 Å². The van der Waals surface area contributed by atoms with Crippen molar-refractivity contribution in [1.82, 2.24) is 15.0 Å². The predicted molar refractivity (Wildman–Crippen MR) is 303 cm³/mol. The molecule has 1 heterocycles. The first kappa shape index (κ1) is 43.1. The number of hydrogen-bond donors (Lipinski definition) is 0. The molecule has 11 aromatic carbocycles. The molecule has 1 aromatic heterocycles. The number of hydrogen-bond acceptors (Lipinski definition) is 4. The van der Waals surface area contributed by atoms with Crippen molar-refractivity contribution in [2.45, 2.75) is 5.41 Å². The first-order valence-corrected chi connectivity index (χ1v) is 25.3. The second kappa shape index (κ2) is 17.8. The molecule has 1 spiro atoms. The Kier molecular flexibility index (Phi) is 10.4. The lowest BCUT2D eigenvalue weighted by atomic mass is 9.70. The van der Waals surface area contributed by atoms with Gasteiger partial charge < -0.3 is 4.90 Å². The monoisotopic (exact) mass is 942 g/mol. The van der Waals surface area contributed by atoms with Gasteiger partial charge in [-0.15, -0.1) is 0 Å². The van der Waals surface area contributed by atoms with Crippen LogP contribution in [0.3, 0.4) is 0 Å². The van der Waals surface area contributed by atoms with Gasteiger partial charge in [-0.25, -0.2) is 15.0 Å². The van der Waals surface area contributed by atoms with E-state index in [0.717, 1.165) is 56.0 Å². The number of fused-ring (bicyclic) bond motifs is 10. The molecule has 1 unspecified atom stereocenters. The molecular weight excluding hydrogens is 897 g/mol. The molecule has 74 heavy (non-hydrogen) atoms. The minimum Gasteiger partial charge on any atom is -0.310 e. The van der Waals surface area contributed by atoms with Gasteiger partial charge in [0.2, 0.25) is 0 Å². The third-order valence-corrected chi connectivity index (χ3v) is 14.9. The van der Waals surface area contributed by atoms with Crippen molar-refractivity contribution in [3.8, 4) is 89.8 Å². The Labute approximate surface area is 431 Å². The molecule has 0 bridgehead atoms. The summed E-state index contributed by atoms with van der Waals surface area (Å²) >= 11 is 0. The van der Waals surface area contributed by atoms with Crippen LogP contribution in [-0.4, -0.2) is 15.0 Å². The number of benzene rings is 11. The number of nitrogens with zero attached hydrogens (tertiary/aromatic N) is 4. The van der Waals surface area contributed by atoms with Crippen LogP contribution in [-0.2, 0) is 5.41 Å². The zero-order valence-corrected chi connectivity index (χ0v) is 40.3. The lowest BCUT2D eigenvalue weighted by molar-refractivity contribution is 0.793. The van der Waals surface area contributed by atoms with Gasteiger partial charge in [0.05, 0.1) is 5.41 Å². The fraction of sp³-hybridized carbons (Fsp3) is 0.0143. The van der Waals surface area contributed by atoms with Crippen molar-refractivity contribution in [2.24, 2.45) is 0 Å². The standard InChI is InChI=1S/C70H46N4/c1-6-21-47(22-7-1)53-42-54(48-23-8-2-9-24-48)44-55(43-53)50-27-20-28-51(41-50)68-71-67(49-25-10-3-11-26-49)72-69(73-68)52-37-39-61-59-33-16-18-35-63(59)70(65(61)45-52)64-36-19-17-34-60(64)62-40-38-58(46-66(62)70)74(56-29-12-4-13-30-56)57-31-14-5-15-32-57/h1-46H. The van der Waals surface area contributed by atoms with Crippen molar-refractivity contribution in [3.05, 3.63) is 301 Å². The molecule has 12 aromatic rings. The molecule has 0 saturated heterocycles. The highest BCUT2D eigenvalue weighted by Gasteiger charge is 2.52. The molecule has 2 aliphatic carbocycles. The molecule has 0 saturated carbocycles. The van der Waals surface area contributed by atoms with E-state index in [1.165, 1.54) is 55.6 Å². The molecule has 4 heteroatoms. The zero-order chi connectivity index (χ0) is 49.0. The van der Waals surface area contributed by atoms with Gasteiger partial charge in [-0.2, -0.15) is 0 Å². The highest BCUT2D eigenvalue weighted by molar-refractivity contribution is 5.97. The molecule has 4 nitrogen and oxygen atoms in total. The fourth-order valence-electron chi connectivity index (χ4n) is 11.6. The summed E-state index contributed by atoms with van der Waals surface area (Å²) in [4.78, 5) is 18.4. The van der Waals surface area contributed by atoms with Crippen LogP contribution in [0.5, 0.6) is 0 Å². The Hall–Kier alpha value is -9.77. The first-order chi connectivity index (χ1) is 36.7. The molecule has 0 N–H and O–H groups in total. The first-order valence-electron chi connectivity index (χ1n) is 25.3. The lowest BCUT2D eigenvalue weighted by Crippen LogP contribution is -2.26. The summed E-state index contributed by atoms with van der Waals surface area (Å²) in [6.45, 7) is 0. The number of anilines is 3. The van der Waals surface area contributed by atoms with Crippen molar-refractivity contribution in [2.75, 3.05) is 4.90 Å². The van der Waals surface area contributed by atoms with Crippen LogP contribution < -0.4 is 4.90 Å². The largest absolute Gasteiger partial charge is 0.310 e. The van der Waals surface area contributed by atoms with Crippen LogP contribution in [0.4, 0.5) is 17.1 Å². The smallest absolute Gasteiger partial charge is 0.164 e. The molecule has 0 radical (unpaired) electrons. The summed E-state index contributed by atoms with van der Waals surface area (Å²) < 4.78 is 0. The van der Waals surface area contributed by atoms with Gasteiger partial charge in [-0.1, -0.05) is 212 Å². The molecule has 0 fully saturated rings. The highest BCUT2D eigenvalue weighted by Crippen LogP contribution is 2.63. The van der Waals surface area contributed by atoms with Gasteiger partial charge in [-0.05, 0) is 145 Å². The topological polar surface area (TPSA) is 41.9 Å². The van der Waals surface area contributed by atoms with Crippen molar-refractivity contribution in [1.29, 1.82) is 0 Å². The molecular formula is C70H46N4. The summed E-state index contributed by atoms with van der Waals surface area (Å²) in [5.41, 5.74) is 22.2. The lowest BCUT2D eigenvalue weighted by Gasteiger charge is -2.32. The van der Waals surface area contributed by atoms with Gasteiger partial charge in [-0.3, -0.25) is 0 Å². The van der Waals surface area contributed by atoms with E-state index >= 15 is 0 Å². The Morgan fingerprint density at radius 1 is 0.216 bits per heavy atom. The summed E-state index contributed by atoms with van der Waals surface area (Å²) in [6.07, 6.45) is 0. The van der Waals surface area contributed by atoms with Crippen LogP contribution in [0.2, 0.25) is 0 Å². The van der Waals surface area contributed by atoms with Crippen molar-refractivity contribution in [3.63, 3.8) is 0 Å². The van der Waals surface area contributed by atoms with Gasteiger partial charge in [0.1, 0.15) is 0 Å². The normalized spacial score (nSPS) is 13.7. The second-order valence-electron chi connectivity index (χ2n) is 19.1. The molecule has 0 amide bonds. The van der Waals surface area contributed by atoms with Crippen LogP contribution in [0, 0.1) is 0 Å². The van der Waals surface area contributed by atoms with E-state index in [9.17, 15) is 0 Å². The minimum absolute atomic E-state index is 0.611. The fourth-order valence-corrected chi connectivity index (χ4v) is 11.6. The minimum atomic E-state index is -0.623. The Bertz CT molecular complexity index is 3950. The quantitative estimate of drug-likeness (QED) is 0.145. The summed E-state index contributed by atoms with van der Waals surface area (Å²) in [6, 6.07) is 100. The predicted octanol–water partition coefficient (Wildman–Crippen LogP) is 17.7. The summed E-state index contributed by atoms with van der Waals surface area (Å²) in [5, 5.41) is 0. The maximum absolute atomic E-state index is 5.42.